The van der Waals surface area contributed by atoms with Gasteiger partial charge in [-0.1, -0.05) is 53.4 Å². The lowest BCUT2D eigenvalue weighted by atomic mass is 9.69. The molecule has 0 amide bonds. The summed E-state index contributed by atoms with van der Waals surface area (Å²) >= 11 is 0. The molecule has 0 fully saturated rings. The van der Waals surface area contributed by atoms with Crippen molar-refractivity contribution in [3.05, 3.63) is 0 Å². The minimum Gasteiger partial charge on any atom is -0.481 e. The van der Waals surface area contributed by atoms with Crippen LogP contribution in [0.2, 0.25) is 0 Å². The van der Waals surface area contributed by atoms with E-state index in [4.69, 9.17) is 5.11 Å². The Balaban J connectivity index is 4.50. The first kappa shape index (κ1) is 14.5. The number of carboxylic acid groups (broad SMARTS) is 1. The lowest BCUT2D eigenvalue weighted by molar-refractivity contribution is -0.139. The van der Waals surface area contributed by atoms with E-state index in [-0.39, 0.29) is 5.41 Å². The molecule has 0 spiro atoms. The molecule has 0 heterocycles. The minimum absolute atomic E-state index is 0.202. The maximum atomic E-state index is 10.9. The fraction of sp³-hybridized carbons (Fsp3) is 0.923. The number of hydrogen-bond donors (Lipinski definition) is 1. The fourth-order valence-electron chi connectivity index (χ4n) is 2.19. The molecule has 1 N–H and O–H groups in total. The molecule has 0 unspecified atom stereocenters. The van der Waals surface area contributed by atoms with Crippen molar-refractivity contribution in [3.8, 4) is 0 Å². The van der Waals surface area contributed by atoms with Crippen LogP contribution in [0.4, 0.5) is 0 Å². The van der Waals surface area contributed by atoms with Crippen molar-refractivity contribution >= 4 is 5.97 Å². The second kappa shape index (κ2) is 6.86. The molecule has 1 atom stereocenters. The van der Waals surface area contributed by atoms with E-state index in [0.717, 1.165) is 32.1 Å². The molecule has 0 radical (unpaired) electrons. The molecule has 2 nitrogen and oxygen atoms in total. The Morgan fingerprint density at radius 1 is 1.27 bits per heavy atom. The van der Waals surface area contributed by atoms with Gasteiger partial charge in [-0.3, -0.25) is 4.79 Å². The van der Waals surface area contributed by atoms with Crippen LogP contribution in [0.1, 0.15) is 66.2 Å². The highest BCUT2D eigenvalue weighted by Gasteiger charge is 2.31. The van der Waals surface area contributed by atoms with Crippen molar-refractivity contribution in [1.29, 1.82) is 0 Å². The van der Waals surface area contributed by atoms with E-state index in [1.54, 1.807) is 0 Å². The molecule has 0 bridgehead atoms. The Labute approximate surface area is 94.1 Å². The van der Waals surface area contributed by atoms with Crippen molar-refractivity contribution in [2.24, 2.45) is 11.3 Å². The fourth-order valence-corrected chi connectivity index (χ4v) is 2.19. The lowest BCUT2D eigenvalue weighted by Gasteiger charge is -2.35. The predicted molar refractivity (Wildman–Crippen MR) is 64.0 cm³/mol. The summed E-state index contributed by atoms with van der Waals surface area (Å²) in [4.78, 5) is 10.9. The predicted octanol–water partition coefficient (Wildman–Crippen LogP) is 4.09. The summed E-state index contributed by atoms with van der Waals surface area (Å²) in [7, 11) is 0. The number of aliphatic carboxylic acids is 1. The minimum atomic E-state index is -0.649. The SMILES string of the molecule is CCCC[C@@H](CC(=O)O)C(C)(CC)CC. The van der Waals surface area contributed by atoms with Gasteiger partial charge in [0.15, 0.2) is 0 Å². The van der Waals surface area contributed by atoms with Gasteiger partial charge in [-0.2, -0.15) is 0 Å². The van der Waals surface area contributed by atoms with E-state index in [9.17, 15) is 4.79 Å². The van der Waals surface area contributed by atoms with Gasteiger partial charge in [-0.15, -0.1) is 0 Å². The van der Waals surface area contributed by atoms with Crippen LogP contribution in [0.15, 0.2) is 0 Å². The van der Waals surface area contributed by atoms with Crippen molar-refractivity contribution in [2.75, 3.05) is 0 Å². The topological polar surface area (TPSA) is 37.3 Å². The van der Waals surface area contributed by atoms with E-state index >= 15 is 0 Å². The zero-order valence-corrected chi connectivity index (χ0v) is 10.7. The van der Waals surface area contributed by atoms with Crippen molar-refractivity contribution in [3.63, 3.8) is 0 Å². The van der Waals surface area contributed by atoms with Crippen LogP contribution >= 0.6 is 0 Å². The quantitative estimate of drug-likeness (QED) is 0.660. The van der Waals surface area contributed by atoms with Crippen LogP contribution in [0.3, 0.4) is 0 Å². The van der Waals surface area contributed by atoms with Crippen LogP contribution in [-0.2, 0) is 4.79 Å². The van der Waals surface area contributed by atoms with Crippen LogP contribution in [0.5, 0.6) is 0 Å². The van der Waals surface area contributed by atoms with E-state index in [2.05, 4.69) is 27.7 Å². The van der Waals surface area contributed by atoms with Gasteiger partial charge in [0.2, 0.25) is 0 Å². The molecule has 0 aliphatic rings. The van der Waals surface area contributed by atoms with Gasteiger partial charge in [-0.25, -0.2) is 0 Å². The maximum Gasteiger partial charge on any atom is 0.303 e. The molecule has 90 valence electrons. The molecule has 0 aromatic heterocycles. The molecular formula is C13H26O2. The molecule has 0 rings (SSSR count). The summed E-state index contributed by atoms with van der Waals surface area (Å²) in [5.41, 5.74) is 0.202. The highest BCUT2D eigenvalue weighted by atomic mass is 16.4. The van der Waals surface area contributed by atoms with Gasteiger partial charge < -0.3 is 5.11 Å². The number of unbranched alkanes of at least 4 members (excludes halogenated alkanes) is 1. The summed E-state index contributed by atoms with van der Waals surface area (Å²) in [6, 6.07) is 0. The van der Waals surface area contributed by atoms with Crippen LogP contribution < -0.4 is 0 Å². The van der Waals surface area contributed by atoms with Gasteiger partial charge >= 0.3 is 5.97 Å². The highest BCUT2D eigenvalue weighted by Crippen LogP contribution is 2.39. The standard InChI is InChI=1S/C13H26O2/c1-5-8-9-11(10-12(14)15)13(4,6-2)7-3/h11H,5-10H2,1-4H3,(H,14,15)/t11-/m0/s1. The monoisotopic (exact) mass is 214 g/mol. The molecule has 0 aliphatic heterocycles. The van der Waals surface area contributed by atoms with Gasteiger partial charge in [-0.05, 0) is 17.8 Å². The molecule has 0 aromatic carbocycles. The molecule has 0 saturated carbocycles. The summed E-state index contributed by atoms with van der Waals surface area (Å²) in [5, 5.41) is 8.94. The number of carboxylic acids is 1. The summed E-state index contributed by atoms with van der Waals surface area (Å²) in [5.74, 6) is -0.311. The zero-order valence-electron chi connectivity index (χ0n) is 10.7. The number of carbonyl (C=O) groups is 1. The normalized spacial score (nSPS) is 13.9. The third-order valence-electron chi connectivity index (χ3n) is 3.93. The Morgan fingerprint density at radius 2 is 1.80 bits per heavy atom. The molecule has 0 aromatic rings. The van der Waals surface area contributed by atoms with Gasteiger partial charge in [0.25, 0.3) is 0 Å². The average Bonchev–Trinajstić information content (AvgIpc) is 2.22. The van der Waals surface area contributed by atoms with E-state index < -0.39 is 5.97 Å². The van der Waals surface area contributed by atoms with E-state index in [1.165, 1.54) is 0 Å². The second-order valence-corrected chi connectivity index (χ2v) is 4.80. The molecular weight excluding hydrogens is 188 g/mol. The highest BCUT2D eigenvalue weighted by molar-refractivity contribution is 5.67. The summed E-state index contributed by atoms with van der Waals surface area (Å²) in [6.07, 6.45) is 5.84. The molecule has 0 aliphatic carbocycles. The van der Waals surface area contributed by atoms with Crippen molar-refractivity contribution in [1.82, 2.24) is 0 Å². The first-order chi connectivity index (χ1) is 7.00. The Kier molecular flexibility index (Phi) is 6.62. The number of rotatable bonds is 8. The van der Waals surface area contributed by atoms with Crippen molar-refractivity contribution < 1.29 is 9.90 Å². The lowest BCUT2D eigenvalue weighted by Crippen LogP contribution is -2.28. The third kappa shape index (κ3) is 4.67. The Hall–Kier alpha value is -0.530. The first-order valence-corrected chi connectivity index (χ1v) is 6.21. The summed E-state index contributed by atoms with van der Waals surface area (Å²) in [6.45, 7) is 8.73. The van der Waals surface area contributed by atoms with Gasteiger partial charge in [0.1, 0.15) is 0 Å². The smallest absolute Gasteiger partial charge is 0.303 e. The Bertz CT molecular complexity index is 183. The van der Waals surface area contributed by atoms with Gasteiger partial charge in [0, 0.05) is 6.42 Å². The Morgan fingerprint density at radius 3 is 2.13 bits per heavy atom. The number of hydrogen-bond acceptors (Lipinski definition) is 1. The summed E-state index contributed by atoms with van der Waals surface area (Å²) < 4.78 is 0. The largest absolute Gasteiger partial charge is 0.481 e. The van der Waals surface area contributed by atoms with Crippen LogP contribution in [-0.4, -0.2) is 11.1 Å². The molecule has 0 saturated heterocycles. The first-order valence-electron chi connectivity index (χ1n) is 6.21. The maximum absolute atomic E-state index is 10.9. The van der Waals surface area contributed by atoms with E-state index in [1.807, 2.05) is 0 Å². The molecule has 15 heavy (non-hydrogen) atoms. The van der Waals surface area contributed by atoms with Crippen molar-refractivity contribution in [2.45, 2.75) is 66.2 Å². The van der Waals surface area contributed by atoms with E-state index in [0.29, 0.717) is 12.3 Å². The van der Waals surface area contributed by atoms with Crippen LogP contribution in [0, 0.1) is 11.3 Å². The van der Waals surface area contributed by atoms with Gasteiger partial charge in [0.05, 0.1) is 0 Å². The average molecular weight is 214 g/mol. The third-order valence-corrected chi connectivity index (χ3v) is 3.93. The zero-order chi connectivity index (χ0) is 11.9. The second-order valence-electron chi connectivity index (χ2n) is 4.80. The van der Waals surface area contributed by atoms with Crippen LogP contribution in [0.25, 0.3) is 0 Å². The molecule has 2 heteroatoms.